The molecule has 2 N–H and O–H groups in total. The lowest BCUT2D eigenvalue weighted by molar-refractivity contribution is -0.127. The number of carbonyl (C=O) groups excluding carboxylic acids is 3. The Bertz CT molecular complexity index is 838. The van der Waals surface area contributed by atoms with E-state index in [2.05, 4.69) is 16.7 Å². The predicted molar refractivity (Wildman–Crippen MR) is 123 cm³/mol. The molecule has 0 spiro atoms. The van der Waals surface area contributed by atoms with Gasteiger partial charge in [0.2, 0.25) is 11.8 Å². The van der Waals surface area contributed by atoms with E-state index in [0.717, 1.165) is 0 Å². The van der Waals surface area contributed by atoms with Gasteiger partial charge in [0, 0.05) is 24.8 Å². The van der Waals surface area contributed by atoms with Crippen molar-refractivity contribution in [2.75, 3.05) is 6.54 Å². The van der Waals surface area contributed by atoms with Crippen molar-refractivity contribution in [3.05, 3.63) is 33.8 Å². The van der Waals surface area contributed by atoms with Gasteiger partial charge in [-0.15, -0.1) is 0 Å². The zero-order valence-electron chi connectivity index (χ0n) is 17.4. The Morgan fingerprint density at radius 2 is 1.90 bits per heavy atom. The molecule has 8 heteroatoms. The van der Waals surface area contributed by atoms with Crippen molar-refractivity contribution >= 4 is 40.8 Å². The largest absolute Gasteiger partial charge is 0.356 e. The third kappa shape index (κ3) is 7.83. The average molecular weight is 468 g/mol. The minimum Gasteiger partial charge on any atom is -0.356 e. The number of nitrogens with one attached hydrogen (secondary N) is 2. The molecule has 1 fully saturated rings. The summed E-state index contributed by atoms with van der Waals surface area (Å²) in [4.78, 5) is 37.7. The molecular formula is C23H31Cl2N3O3. The normalized spacial score (nSPS) is 17.7. The molecule has 31 heavy (non-hydrogen) atoms. The number of carbonyl (C=O) groups is 3. The van der Waals surface area contributed by atoms with Crippen molar-refractivity contribution in [3.8, 4) is 6.07 Å². The third-order valence-corrected chi connectivity index (χ3v) is 5.69. The van der Waals surface area contributed by atoms with Gasteiger partial charge in [-0.3, -0.25) is 14.4 Å². The van der Waals surface area contributed by atoms with E-state index < -0.39 is 12.0 Å². The van der Waals surface area contributed by atoms with Gasteiger partial charge in [0.25, 0.3) is 0 Å². The Hall–Kier alpha value is -2.10. The van der Waals surface area contributed by atoms with Gasteiger partial charge < -0.3 is 10.6 Å². The number of benzene rings is 1. The highest BCUT2D eigenvalue weighted by atomic mass is 35.5. The maximum absolute atomic E-state index is 13.0. The fraction of sp³-hybridized carbons (Fsp3) is 0.565. The van der Waals surface area contributed by atoms with E-state index in [1.165, 1.54) is 0 Å². The van der Waals surface area contributed by atoms with Crippen LogP contribution in [-0.2, 0) is 9.59 Å². The number of rotatable bonds is 8. The highest BCUT2D eigenvalue weighted by Crippen LogP contribution is 2.31. The molecule has 0 unspecified atom stereocenters. The molecule has 0 radical (unpaired) electrons. The van der Waals surface area contributed by atoms with Crippen molar-refractivity contribution in [1.29, 1.82) is 5.26 Å². The zero-order valence-corrected chi connectivity index (χ0v) is 18.9. The smallest absolute Gasteiger partial charge is 0.224 e. The standard InChI is InChI=1S/C22H27Cl2N3O3.CH4/c1-22(2,3)11-14(10-18(28)19-16(23)5-4-6-17(19)24)21(30)27-15(12-25)9-13-7-8-26-20(13)29;/h4-6,13-15H,7-11H2,1-3H3,(H,26,29)(H,27,30);1H4/t13-,14-,15-;/m0./s1. The Balaban J connectivity index is 0.00000480. The van der Waals surface area contributed by atoms with Crippen LogP contribution in [-0.4, -0.2) is 30.2 Å². The predicted octanol–water partition coefficient (Wildman–Crippen LogP) is 4.79. The first-order valence-corrected chi connectivity index (χ1v) is 10.7. The van der Waals surface area contributed by atoms with Crippen LogP contribution in [0.25, 0.3) is 0 Å². The summed E-state index contributed by atoms with van der Waals surface area (Å²) >= 11 is 12.3. The second kappa shape index (κ2) is 11.5. The van der Waals surface area contributed by atoms with E-state index in [1.54, 1.807) is 18.2 Å². The van der Waals surface area contributed by atoms with Crippen LogP contribution < -0.4 is 10.6 Å². The molecule has 1 saturated heterocycles. The highest BCUT2D eigenvalue weighted by molar-refractivity contribution is 6.39. The number of hydrogen-bond acceptors (Lipinski definition) is 4. The molecule has 2 rings (SSSR count). The van der Waals surface area contributed by atoms with Gasteiger partial charge >= 0.3 is 0 Å². The van der Waals surface area contributed by atoms with Gasteiger partial charge in [-0.05, 0) is 36.8 Å². The van der Waals surface area contributed by atoms with E-state index in [4.69, 9.17) is 23.2 Å². The molecule has 1 heterocycles. The van der Waals surface area contributed by atoms with Crippen LogP contribution in [0.15, 0.2) is 18.2 Å². The van der Waals surface area contributed by atoms with Crippen LogP contribution in [0.1, 0.15) is 64.2 Å². The van der Waals surface area contributed by atoms with Crippen molar-refractivity contribution in [1.82, 2.24) is 10.6 Å². The van der Waals surface area contributed by atoms with Gasteiger partial charge in [0.15, 0.2) is 5.78 Å². The van der Waals surface area contributed by atoms with Crippen LogP contribution in [0.5, 0.6) is 0 Å². The summed E-state index contributed by atoms with van der Waals surface area (Å²) in [7, 11) is 0. The maximum Gasteiger partial charge on any atom is 0.224 e. The molecule has 0 aromatic heterocycles. The van der Waals surface area contributed by atoms with E-state index >= 15 is 0 Å². The quantitative estimate of drug-likeness (QED) is 0.536. The number of nitrogens with zero attached hydrogens (tertiary/aromatic N) is 1. The third-order valence-electron chi connectivity index (χ3n) is 5.06. The summed E-state index contributed by atoms with van der Waals surface area (Å²) in [5, 5.41) is 15.4. The van der Waals surface area contributed by atoms with Crippen LogP contribution in [0, 0.1) is 28.6 Å². The SMILES string of the molecule is C.CC(C)(C)C[C@H](CC(=O)c1c(Cl)cccc1Cl)C(=O)N[C@H](C#N)C[C@@H]1CCNC1=O. The van der Waals surface area contributed by atoms with Gasteiger partial charge in [-0.25, -0.2) is 0 Å². The number of halogens is 2. The Labute approximate surface area is 194 Å². The zero-order chi connectivity index (χ0) is 22.5. The average Bonchev–Trinajstić information content (AvgIpc) is 3.03. The van der Waals surface area contributed by atoms with Gasteiger partial charge in [-0.1, -0.05) is 57.5 Å². The van der Waals surface area contributed by atoms with Crippen molar-refractivity contribution in [3.63, 3.8) is 0 Å². The first kappa shape index (κ1) is 26.9. The van der Waals surface area contributed by atoms with Crippen LogP contribution in [0.4, 0.5) is 0 Å². The molecular weight excluding hydrogens is 437 g/mol. The molecule has 0 aliphatic carbocycles. The van der Waals surface area contributed by atoms with E-state index in [9.17, 15) is 19.6 Å². The molecule has 1 aromatic rings. The van der Waals surface area contributed by atoms with Gasteiger partial charge in [-0.2, -0.15) is 5.26 Å². The molecule has 2 amide bonds. The lowest BCUT2D eigenvalue weighted by atomic mass is 9.81. The van der Waals surface area contributed by atoms with E-state index in [1.807, 2.05) is 20.8 Å². The highest BCUT2D eigenvalue weighted by Gasteiger charge is 2.32. The minimum atomic E-state index is -0.798. The van der Waals surface area contributed by atoms with Crippen LogP contribution >= 0.6 is 23.2 Å². The van der Waals surface area contributed by atoms with Gasteiger partial charge in [0.05, 0.1) is 21.7 Å². The molecule has 3 atom stereocenters. The fourth-order valence-electron chi connectivity index (χ4n) is 3.67. The van der Waals surface area contributed by atoms with Crippen molar-refractivity contribution in [2.45, 2.75) is 59.9 Å². The number of ketones is 1. The van der Waals surface area contributed by atoms with Crippen molar-refractivity contribution in [2.24, 2.45) is 17.3 Å². The lowest BCUT2D eigenvalue weighted by Gasteiger charge is -2.26. The second-order valence-electron chi connectivity index (χ2n) is 8.89. The second-order valence-corrected chi connectivity index (χ2v) is 9.70. The maximum atomic E-state index is 13.0. The lowest BCUT2D eigenvalue weighted by Crippen LogP contribution is -2.41. The monoisotopic (exact) mass is 467 g/mol. The summed E-state index contributed by atoms with van der Waals surface area (Å²) in [5.41, 5.74) is -0.0213. The summed E-state index contributed by atoms with van der Waals surface area (Å²) in [6.45, 7) is 6.51. The molecule has 0 saturated carbocycles. The first-order chi connectivity index (χ1) is 14.0. The van der Waals surface area contributed by atoms with E-state index in [-0.39, 0.29) is 64.8 Å². The van der Waals surface area contributed by atoms with E-state index in [0.29, 0.717) is 19.4 Å². The number of Topliss-reactive ketones (excluding diaryl/α,β-unsaturated/α-hetero) is 1. The van der Waals surface area contributed by atoms with Crippen LogP contribution in [0.3, 0.4) is 0 Å². The summed E-state index contributed by atoms with van der Waals surface area (Å²) in [6, 6.07) is 6.08. The summed E-state index contributed by atoms with van der Waals surface area (Å²) in [5.74, 6) is -1.75. The Morgan fingerprint density at radius 1 is 1.29 bits per heavy atom. The summed E-state index contributed by atoms with van der Waals surface area (Å²) < 4.78 is 0. The number of hydrogen-bond donors (Lipinski definition) is 2. The molecule has 6 nitrogen and oxygen atoms in total. The first-order valence-electron chi connectivity index (χ1n) is 9.96. The van der Waals surface area contributed by atoms with Crippen LogP contribution in [0.2, 0.25) is 10.0 Å². The Morgan fingerprint density at radius 3 is 2.39 bits per heavy atom. The molecule has 0 bridgehead atoms. The molecule has 170 valence electrons. The number of amides is 2. The molecule has 1 aliphatic rings. The Kier molecular flexibility index (Phi) is 9.99. The minimum absolute atomic E-state index is 0. The van der Waals surface area contributed by atoms with Crippen molar-refractivity contribution < 1.29 is 14.4 Å². The number of nitriles is 1. The molecule has 1 aromatic carbocycles. The summed E-state index contributed by atoms with van der Waals surface area (Å²) in [6.07, 6.45) is 1.26. The topological polar surface area (TPSA) is 99.1 Å². The fourth-order valence-corrected chi connectivity index (χ4v) is 4.28. The van der Waals surface area contributed by atoms with Gasteiger partial charge in [0.1, 0.15) is 6.04 Å². The molecule has 1 aliphatic heterocycles.